The topological polar surface area (TPSA) is 52.6 Å². The summed E-state index contributed by atoms with van der Waals surface area (Å²) >= 11 is 0. The first-order chi connectivity index (χ1) is 7.70. The highest BCUT2D eigenvalue weighted by Crippen LogP contribution is 2.27. The van der Waals surface area contributed by atoms with E-state index in [-0.39, 0.29) is 6.03 Å². The van der Waals surface area contributed by atoms with Crippen molar-refractivity contribution in [3.8, 4) is 0 Å². The molecule has 1 fully saturated rings. The lowest BCUT2D eigenvalue weighted by Crippen LogP contribution is -2.46. The van der Waals surface area contributed by atoms with E-state index >= 15 is 0 Å². The predicted molar refractivity (Wildman–Crippen MR) is 62.4 cm³/mol. The number of nitrogens with zero attached hydrogens (tertiary/aromatic N) is 1. The van der Waals surface area contributed by atoms with E-state index in [4.69, 9.17) is 0 Å². The summed E-state index contributed by atoms with van der Waals surface area (Å²) in [6.07, 6.45) is 0.366. The van der Waals surface area contributed by atoms with Gasteiger partial charge in [0.25, 0.3) is 0 Å². The molecule has 1 atom stereocenters. The van der Waals surface area contributed by atoms with E-state index in [9.17, 15) is 9.90 Å². The Morgan fingerprint density at radius 3 is 2.88 bits per heavy atom. The number of aliphatic hydroxyl groups excluding tert-OH is 1. The number of carbonyl (C=O) groups is 1. The van der Waals surface area contributed by atoms with Crippen molar-refractivity contribution in [3.05, 3.63) is 29.8 Å². The minimum atomic E-state index is -0.564. The van der Waals surface area contributed by atoms with Gasteiger partial charge in [0, 0.05) is 18.7 Å². The summed E-state index contributed by atoms with van der Waals surface area (Å²) < 4.78 is 0. The molecule has 2 rings (SSSR count). The number of carbonyl (C=O) groups excluding carboxylic acids is 1. The average Bonchev–Trinajstić information content (AvgIpc) is 2.29. The Kier molecular flexibility index (Phi) is 3.10. The Morgan fingerprint density at radius 1 is 1.44 bits per heavy atom. The summed E-state index contributed by atoms with van der Waals surface area (Å²) in [5, 5.41) is 12.5. The molecule has 2 amide bonds. The maximum Gasteiger partial charge on any atom is 0.321 e. The van der Waals surface area contributed by atoms with E-state index in [1.54, 1.807) is 11.8 Å². The molecular formula is C12H16N2O2. The van der Waals surface area contributed by atoms with Gasteiger partial charge in [-0.1, -0.05) is 18.2 Å². The maximum absolute atomic E-state index is 11.7. The number of hydrogen-bond donors (Lipinski definition) is 2. The molecule has 1 saturated heterocycles. The molecule has 4 nitrogen and oxygen atoms in total. The van der Waals surface area contributed by atoms with E-state index in [1.165, 1.54) is 0 Å². The summed E-state index contributed by atoms with van der Waals surface area (Å²) in [5.41, 5.74) is 1.59. The number of urea groups is 1. The third-order valence-corrected chi connectivity index (χ3v) is 2.76. The van der Waals surface area contributed by atoms with E-state index in [0.29, 0.717) is 6.54 Å². The zero-order valence-corrected chi connectivity index (χ0v) is 9.31. The Morgan fingerprint density at radius 2 is 2.19 bits per heavy atom. The molecule has 1 aromatic rings. The van der Waals surface area contributed by atoms with Gasteiger partial charge in [-0.25, -0.2) is 4.79 Å². The van der Waals surface area contributed by atoms with Crippen molar-refractivity contribution in [2.24, 2.45) is 0 Å². The number of para-hydroxylation sites is 1. The zero-order chi connectivity index (χ0) is 11.5. The van der Waals surface area contributed by atoms with E-state index in [1.807, 2.05) is 24.3 Å². The molecule has 86 valence electrons. The molecule has 1 aliphatic heterocycles. The summed E-state index contributed by atoms with van der Waals surface area (Å²) in [7, 11) is 0. The van der Waals surface area contributed by atoms with Gasteiger partial charge in [0.2, 0.25) is 0 Å². The lowest BCUT2D eigenvalue weighted by molar-refractivity contribution is 0.199. The molecule has 16 heavy (non-hydrogen) atoms. The first-order valence-corrected chi connectivity index (χ1v) is 5.52. The molecular weight excluding hydrogens is 204 g/mol. The predicted octanol–water partition coefficient (Wildman–Crippen LogP) is 1.66. The molecule has 0 saturated carbocycles. The van der Waals surface area contributed by atoms with Gasteiger partial charge in [-0.05, 0) is 19.4 Å². The summed E-state index contributed by atoms with van der Waals surface area (Å²) in [6.45, 7) is 3.14. The average molecular weight is 220 g/mol. The Balaban J connectivity index is 2.34. The van der Waals surface area contributed by atoms with Gasteiger partial charge in [0.15, 0.2) is 0 Å². The van der Waals surface area contributed by atoms with Crippen LogP contribution in [0.4, 0.5) is 10.5 Å². The summed E-state index contributed by atoms with van der Waals surface area (Å²) in [6, 6.07) is 7.38. The highest BCUT2D eigenvalue weighted by atomic mass is 16.3. The lowest BCUT2D eigenvalue weighted by atomic mass is 10.1. The number of rotatable bonds is 2. The van der Waals surface area contributed by atoms with E-state index < -0.39 is 6.10 Å². The highest BCUT2D eigenvalue weighted by Gasteiger charge is 2.22. The van der Waals surface area contributed by atoms with E-state index in [0.717, 1.165) is 24.2 Å². The maximum atomic E-state index is 11.7. The molecule has 0 spiro atoms. The highest BCUT2D eigenvalue weighted by molar-refractivity contribution is 5.93. The van der Waals surface area contributed by atoms with Gasteiger partial charge in [0.05, 0.1) is 11.8 Å². The zero-order valence-electron chi connectivity index (χ0n) is 9.31. The van der Waals surface area contributed by atoms with Crippen molar-refractivity contribution in [2.45, 2.75) is 19.4 Å². The molecule has 0 radical (unpaired) electrons. The van der Waals surface area contributed by atoms with Crippen LogP contribution in [0.15, 0.2) is 24.3 Å². The van der Waals surface area contributed by atoms with Crippen LogP contribution in [0, 0.1) is 0 Å². The van der Waals surface area contributed by atoms with Gasteiger partial charge in [-0.3, -0.25) is 4.90 Å². The lowest BCUT2D eigenvalue weighted by Gasteiger charge is -2.29. The number of benzene rings is 1. The number of aliphatic hydroxyl groups is 1. The molecule has 4 heteroatoms. The fourth-order valence-corrected chi connectivity index (χ4v) is 1.95. The van der Waals surface area contributed by atoms with Crippen molar-refractivity contribution in [2.75, 3.05) is 18.0 Å². The van der Waals surface area contributed by atoms with Crippen molar-refractivity contribution < 1.29 is 9.90 Å². The van der Waals surface area contributed by atoms with Gasteiger partial charge in [-0.2, -0.15) is 0 Å². The largest absolute Gasteiger partial charge is 0.389 e. The van der Waals surface area contributed by atoms with Crippen LogP contribution >= 0.6 is 0 Å². The van der Waals surface area contributed by atoms with Crippen LogP contribution in [-0.2, 0) is 0 Å². The van der Waals surface area contributed by atoms with Crippen LogP contribution in [0.3, 0.4) is 0 Å². The van der Waals surface area contributed by atoms with Gasteiger partial charge in [-0.15, -0.1) is 0 Å². The molecule has 0 bridgehead atoms. The molecule has 1 aliphatic rings. The molecule has 1 aromatic carbocycles. The quantitative estimate of drug-likeness (QED) is 0.796. The second-order valence-corrected chi connectivity index (χ2v) is 3.97. The van der Waals surface area contributed by atoms with Crippen LogP contribution in [0.1, 0.15) is 25.0 Å². The molecule has 0 aliphatic carbocycles. The number of amides is 2. The first kappa shape index (κ1) is 11.0. The first-order valence-electron chi connectivity index (χ1n) is 5.52. The Labute approximate surface area is 94.9 Å². The van der Waals surface area contributed by atoms with Crippen LogP contribution in [0.2, 0.25) is 0 Å². The third kappa shape index (κ3) is 2.02. The van der Waals surface area contributed by atoms with Crippen LogP contribution < -0.4 is 10.2 Å². The number of nitrogens with one attached hydrogen (secondary N) is 1. The smallest absolute Gasteiger partial charge is 0.321 e. The van der Waals surface area contributed by atoms with Crippen molar-refractivity contribution in [3.63, 3.8) is 0 Å². The molecule has 1 heterocycles. The van der Waals surface area contributed by atoms with E-state index in [2.05, 4.69) is 5.32 Å². The fourth-order valence-electron chi connectivity index (χ4n) is 1.95. The number of anilines is 1. The minimum Gasteiger partial charge on any atom is -0.389 e. The Bertz CT molecular complexity index is 390. The van der Waals surface area contributed by atoms with Crippen molar-refractivity contribution in [1.82, 2.24) is 5.32 Å². The molecule has 2 N–H and O–H groups in total. The fraction of sp³-hybridized carbons (Fsp3) is 0.417. The standard InChI is InChI=1S/C12H16N2O2/c1-9(15)10-5-2-3-6-11(10)14-8-4-7-13-12(14)16/h2-3,5-6,9,15H,4,7-8H2,1H3,(H,13,16). The van der Waals surface area contributed by atoms with Crippen LogP contribution in [-0.4, -0.2) is 24.2 Å². The van der Waals surface area contributed by atoms with Gasteiger partial charge in [0.1, 0.15) is 0 Å². The van der Waals surface area contributed by atoms with Gasteiger partial charge >= 0.3 is 6.03 Å². The third-order valence-electron chi connectivity index (χ3n) is 2.76. The molecule has 1 unspecified atom stereocenters. The van der Waals surface area contributed by atoms with Crippen molar-refractivity contribution in [1.29, 1.82) is 0 Å². The number of hydrogen-bond acceptors (Lipinski definition) is 2. The summed E-state index contributed by atoms with van der Waals surface area (Å²) in [4.78, 5) is 13.4. The van der Waals surface area contributed by atoms with Gasteiger partial charge < -0.3 is 10.4 Å². The van der Waals surface area contributed by atoms with Crippen LogP contribution in [0.25, 0.3) is 0 Å². The van der Waals surface area contributed by atoms with Crippen LogP contribution in [0.5, 0.6) is 0 Å². The van der Waals surface area contributed by atoms with Crippen molar-refractivity contribution >= 4 is 11.7 Å². The monoisotopic (exact) mass is 220 g/mol. The molecule has 0 aromatic heterocycles. The second-order valence-electron chi connectivity index (χ2n) is 3.97. The minimum absolute atomic E-state index is 0.0839. The summed E-state index contributed by atoms with van der Waals surface area (Å²) in [5.74, 6) is 0. The second kappa shape index (κ2) is 4.53. The normalized spacial score (nSPS) is 18.1. The SMILES string of the molecule is CC(O)c1ccccc1N1CCCNC1=O. The Hall–Kier alpha value is -1.55.